The van der Waals surface area contributed by atoms with Gasteiger partial charge >= 0.3 is 0 Å². The summed E-state index contributed by atoms with van der Waals surface area (Å²) in [4.78, 5) is 22.5. The monoisotopic (exact) mass is 351 g/mol. The van der Waals surface area contributed by atoms with E-state index in [-0.39, 0.29) is 5.91 Å². The van der Waals surface area contributed by atoms with Crippen LogP contribution in [0.2, 0.25) is 0 Å². The van der Waals surface area contributed by atoms with Gasteiger partial charge in [0.15, 0.2) is 0 Å². The van der Waals surface area contributed by atoms with Crippen molar-refractivity contribution in [3.8, 4) is 9.88 Å². The van der Waals surface area contributed by atoms with Gasteiger partial charge in [-0.2, -0.15) is 0 Å². The normalized spacial score (nSPS) is 10.9. The molecule has 0 aliphatic rings. The van der Waals surface area contributed by atoms with Gasteiger partial charge in [-0.1, -0.05) is 12.1 Å². The van der Waals surface area contributed by atoms with Gasteiger partial charge in [-0.25, -0.2) is 4.98 Å². The lowest BCUT2D eigenvalue weighted by molar-refractivity contribution is 0.102. The molecule has 1 amide bonds. The van der Waals surface area contributed by atoms with E-state index in [4.69, 9.17) is 0 Å². The number of hydrogen-bond acceptors (Lipinski definition) is 5. The summed E-state index contributed by atoms with van der Waals surface area (Å²) in [5.41, 5.74) is 3.16. The van der Waals surface area contributed by atoms with Crippen molar-refractivity contribution in [3.63, 3.8) is 0 Å². The van der Waals surface area contributed by atoms with Crippen molar-refractivity contribution in [2.75, 3.05) is 5.32 Å². The van der Waals surface area contributed by atoms with Gasteiger partial charge in [-0.3, -0.25) is 9.78 Å². The Bertz CT molecular complexity index is 1020. The van der Waals surface area contributed by atoms with Crippen LogP contribution in [0.1, 0.15) is 16.1 Å². The van der Waals surface area contributed by atoms with Gasteiger partial charge in [0.05, 0.1) is 16.1 Å². The molecule has 0 fully saturated rings. The molecule has 3 aromatic heterocycles. The van der Waals surface area contributed by atoms with Crippen LogP contribution in [-0.2, 0) is 0 Å². The van der Waals surface area contributed by atoms with Crippen LogP contribution in [0.3, 0.4) is 0 Å². The molecule has 0 aliphatic carbocycles. The number of aryl methyl sites for hydroxylation is 1. The van der Waals surface area contributed by atoms with E-state index in [1.165, 1.54) is 11.3 Å². The van der Waals surface area contributed by atoms with Crippen LogP contribution in [-0.4, -0.2) is 15.9 Å². The number of fused-ring (bicyclic) bond motifs is 1. The number of thiophene rings is 1. The van der Waals surface area contributed by atoms with Crippen LogP contribution in [0.25, 0.3) is 20.8 Å². The van der Waals surface area contributed by atoms with E-state index in [0.717, 1.165) is 32.0 Å². The minimum Gasteiger partial charge on any atom is -0.320 e. The summed E-state index contributed by atoms with van der Waals surface area (Å²) in [6.07, 6.45) is 1.76. The lowest BCUT2D eigenvalue weighted by Gasteiger charge is -2.09. The molecule has 4 rings (SSSR count). The Balaban J connectivity index is 1.64. The third-order valence-electron chi connectivity index (χ3n) is 3.69. The third kappa shape index (κ3) is 2.70. The first kappa shape index (κ1) is 15.0. The number of aromatic nitrogens is 2. The number of carbonyl (C=O) groups is 1. The Hall–Kier alpha value is -2.57. The maximum atomic E-state index is 12.5. The second kappa shape index (κ2) is 6.14. The van der Waals surface area contributed by atoms with E-state index in [9.17, 15) is 4.79 Å². The van der Waals surface area contributed by atoms with E-state index in [0.29, 0.717) is 5.69 Å². The fraction of sp³-hybridized carbons (Fsp3) is 0.0556. The summed E-state index contributed by atoms with van der Waals surface area (Å²) >= 11 is 3.09. The molecule has 3 heterocycles. The topological polar surface area (TPSA) is 54.9 Å². The molecule has 0 aliphatic heterocycles. The summed E-state index contributed by atoms with van der Waals surface area (Å²) < 4.78 is 0. The van der Waals surface area contributed by atoms with Gasteiger partial charge < -0.3 is 5.32 Å². The van der Waals surface area contributed by atoms with Crippen LogP contribution in [0.5, 0.6) is 0 Å². The number of hydrogen-bond donors (Lipinski definition) is 1. The predicted molar refractivity (Wildman–Crippen MR) is 99.9 cm³/mol. The van der Waals surface area contributed by atoms with E-state index < -0.39 is 0 Å². The molecule has 118 valence electrons. The smallest absolute Gasteiger partial charge is 0.275 e. The van der Waals surface area contributed by atoms with Crippen LogP contribution in [0, 0.1) is 6.92 Å². The molecule has 0 atom stereocenters. The summed E-state index contributed by atoms with van der Waals surface area (Å²) in [5.74, 6) is -0.205. The summed E-state index contributed by atoms with van der Waals surface area (Å²) in [5, 5.41) is 8.54. The van der Waals surface area contributed by atoms with Gasteiger partial charge in [-0.15, -0.1) is 22.7 Å². The number of rotatable bonds is 3. The first-order valence-electron chi connectivity index (χ1n) is 7.37. The van der Waals surface area contributed by atoms with E-state index in [1.54, 1.807) is 22.9 Å². The number of carbonyl (C=O) groups excluding carboxylic acids is 1. The average molecular weight is 351 g/mol. The Morgan fingerprint density at radius 1 is 1.12 bits per heavy atom. The highest BCUT2D eigenvalue weighted by molar-refractivity contribution is 7.20. The molecular formula is C18H13N3OS2. The first-order valence-corrected chi connectivity index (χ1v) is 9.13. The number of benzene rings is 1. The van der Waals surface area contributed by atoms with Crippen molar-refractivity contribution in [1.29, 1.82) is 0 Å². The van der Waals surface area contributed by atoms with E-state index in [2.05, 4.69) is 15.3 Å². The first-order chi connectivity index (χ1) is 11.7. The Morgan fingerprint density at radius 2 is 2.04 bits per heavy atom. The molecule has 24 heavy (non-hydrogen) atoms. The maximum Gasteiger partial charge on any atom is 0.275 e. The van der Waals surface area contributed by atoms with E-state index >= 15 is 0 Å². The van der Waals surface area contributed by atoms with Crippen molar-refractivity contribution in [2.24, 2.45) is 0 Å². The van der Waals surface area contributed by atoms with Gasteiger partial charge in [0, 0.05) is 17.0 Å². The Kier molecular flexibility index (Phi) is 3.84. The predicted octanol–water partition coefficient (Wildman–Crippen LogP) is 4.98. The molecular weight excluding hydrogens is 338 g/mol. The fourth-order valence-corrected chi connectivity index (χ4v) is 4.11. The number of nitrogens with one attached hydrogen (secondary N) is 1. The largest absolute Gasteiger partial charge is 0.320 e. The highest BCUT2D eigenvalue weighted by atomic mass is 32.1. The van der Waals surface area contributed by atoms with Crippen LogP contribution in [0.15, 0.2) is 53.4 Å². The van der Waals surface area contributed by atoms with Crippen LogP contribution < -0.4 is 5.32 Å². The minimum absolute atomic E-state index is 0.205. The molecule has 0 saturated heterocycles. The number of thiazole rings is 1. The molecule has 1 N–H and O–H groups in total. The lowest BCUT2D eigenvalue weighted by Crippen LogP contribution is -2.12. The zero-order valence-electron chi connectivity index (χ0n) is 12.8. The van der Waals surface area contributed by atoms with Crippen LogP contribution in [0.4, 0.5) is 5.69 Å². The Labute approximate surface area is 146 Å². The molecule has 0 unspecified atom stereocenters. The highest BCUT2D eigenvalue weighted by Crippen LogP contribution is 2.29. The zero-order chi connectivity index (χ0) is 16.5. The number of amides is 1. The third-order valence-corrected chi connectivity index (χ3v) is 5.57. The fourth-order valence-electron chi connectivity index (χ4n) is 2.50. The number of nitrogens with zero attached hydrogens (tertiary/aromatic N) is 2. The molecule has 0 radical (unpaired) electrons. The van der Waals surface area contributed by atoms with Crippen molar-refractivity contribution in [3.05, 3.63) is 64.6 Å². The van der Waals surface area contributed by atoms with E-state index in [1.807, 2.05) is 48.7 Å². The standard InChI is InChI=1S/C18H13N3OS2/c1-11-6-7-13(12-4-2-8-19-16(11)12)20-17(22)14-10-24-18(21-14)15-5-3-9-23-15/h2-10H,1H3,(H,20,22). The second-order valence-electron chi connectivity index (χ2n) is 5.30. The molecule has 0 bridgehead atoms. The van der Waals surface area contributed by atoms with Crippen molar-refractivity contribution in [1.82, 2.24) is 9.97 Å². The van der Waals surface area contributed by atoms with Crippen LogP contribution >= 0.6 is 22.7 Å². The van der Waals surface area contributed by atoms with Crippen molar-refractivity contribution >= 4 is 45.2 Å². The summed E-state index contributed by atoms with van der Waals surface area (Å²) in [6, 6.07) is 11.7. The quantitative estimate of drug-likeness (QED) is 0.566. The Morgan fingerprint density at radius 3 is 2.88 bits per heavy atom. The number of anilines is 1. The van der Waals surface area contributed by atoms with Crippen molar-refractivity contribution < 1.29 is 4.79 Å². The SMILES string of the molecule is Cc1ccc(NC(=O)c2csc(-c3cccs3)n2)c2cccnc12. The van der Waals surface area contributed by atoms with Gasteiger partial charge in [0.25, 0.3) is 5.91 Å². The number of pyridine rings is 1. The highest BCUT2D eigenvalue weighted by Gasteiger charge is 2.14. The molecule has 0 saturated carbocycles. The lowest BCUT2D eigenvalue weighted by atomic mass is 10.1. The average Bonchev–Trinajstić information content (AvgIpc) is 3.28. The second-order valence-corrected chi connectivity index (χ2v) is 7.10. The minimum atomic E-state index is -0.205. The maximum absolute atomic E-state index is 12.5. The zero-order valence-corrected chi connectivity index (χ0v) is 14.4. The molecule has 4 aromatic rings. The van der Waals surface area contributed by atoms with Gasteiger partial charge in [0.2, 0.25) is 0 Å². The molecule has 4 nitrogen and oxygen atoms in total. The molecule has 1 aromatic carbocycles. The van der Waals surface area contributed by atoms with Gasteiger partial charge in [0.1, 0.15) is 10.7 Å². The molecule has 0 spiro atoms. The summed E-state index contributed by atoms with van der Waals surface area (Å²) in [7, 11) is 0. The van der Waals surface area contributed by atoms with Crippen molar-refractivity contribution in [2.45, 2.75) is 6.92 Å². The summed E-state index contributed by atoms with van der Waals surface area (Å²) in [6.45, 7) is 2.01. The molecule has 6 heteroatoms. The van der Waals surface area contributed by atoms with Gasteiger partial charge in [-0.05, 0) is 42.1 Å².